The summed E-state index contributed by atoms with van der Waals surface area (Å²) in [7, 11) is 0. The number of aromatic nitrogens is 3. The molecule has 0 aliphatic heterocycles. The molecule has 0 unspecified atom stereocenters. The molecule has 0 amide bonds. The molecule has 4 nitrogen and oxygen atoms in total. The number of nitrogens with zero attached hydrogens (tertiary/aromatic N) is 3. The Kier molecular flexibility index (Phi) is 6.26. The van der Waals surface area contributed by atoms with Crippen LogP contribution < -0.4 is 0 Å². The van der Waals surface area contributed by atoms with Crippen molar-refractivity contribution in [2.24, 2.45) is 0 Å². The van der Waals surface area contributed by atoms with Crippen LogP contribution in [0, 0.1) is 0 Å². The SMILES string of the molecule is c1ccc(-c2nc(-c3ccc4c(c3)oc3ccc(-c5cccc6sc7ccccc7c56)cc34)nc(-c3cccc4sc5ccccc5c34)n2)cc1. The lowest BCUT2D eigenvalue weighted by Crippen LogP contribution is -2.00. The highest BCUT2D eigenvalue weighted by atomic mass is 32.1. The van der Waals surface area contributed by atoms with Crippen LogP contribution in [0.25, 0.3) is 108 Å². The molecule has 4 heterocycles. The van der Waals surface area contributed by atoms with E-state index in [1.807, 2.05) is 41.7 Å². The molecule has 0 bridgehead atoms. The quantitative estimate of drug-likeness (QED) is 0.185. The van der Waals surface area contributed by atoms with E-state index < -0.39 is 0 Å². The summed E-state index contributed by atoms with van der Waals surface area (Å²) in [6.45, 7) is 0. The van der Waals surface area contributed by atoms with Crippen molar-refractivity contribution in [3.63, 3.8) is 0 Å². The van der Waals surface area contributed by atoms with Crippen molar-refractivity contribution in [1.29, 1.82) is 0 Å². The molecule has 0 N–H and O–H groups in total. The molecule has 11 rings (SSSR count). The van der Waals surface area contributed by atoms with E-state index in [9.17, 15) is 0 Å². The molecule has 0 radical (unpaired) electrons. The molecular weight excluding hydrogens is 663 g/mol. The fourth-order valence-electron chi connectivity index (χ4n) is 7.40. The fourth-order valence-corrected chi connectivity index (χ4v) is 9.67. The van der Waals surface area contributed by atoms with Gasteiger partial charge in [0.15, 0.2) is 17.5 Å². The van der Waals surface area contributed by atoms with Crippen molar-refractivity contribution < 1.29 is 4.42 Å². The molecule has 51 heavy (non-hydrogen) atoms. The predicted molar refractivity (Wildman–Crippen MR) is 215 cm³/mol. The third kappa shape index (κ3) is 4.54. The summed E-state index contributed by atoms with van der Waals surface area (Å²) in [5.74, 6) is 1.89. The van der Waals surface area contributed by atoms with Gasteiger partial charge in [0.2, 0.25) is 0 Å². The van der Waals surface area contributed by atoms with Crippen LogP contribution >= 0.6 is 22.7 Å². The van der Waals surface area contributed by atoms with Crippen molar-refractivity contribution in [3.8, 4) is 45.3 Å². The zero-order valence-corrected chi connectivity index (χ0v) is 28.6. The summed E-state index contributed by atoms with van der Waals surface area (Å²) in [6.07, 6.45) is 0. The van der Waals surface area contributed by atoms with Crippen LogP contribution in [0.1, 0.15) is 0 Å². The van der Waals surface area contributed by atoms with Gasteiger partial charge in [0, 0.05) is 67.8 Å². The Labute approximate surface area is 299 Å². The van der Waals surface area contributed by atoms with Gasteiger partial charge < -0.3 is 4.42 Å². The van der Waals surface area contributed by atoms with E-state index in [1.165, 1.54) is 51.5 Å². The first-order chi connectivity index (χ1) is 25.2. The van der Waals surface area contributed by atoms with Gasteiger partial charge in [-0.05, 0) is 59.7 Å². The Bertz CT molecular complexity index is 3160. The third-order valence-corrected chi connectivity index (χ3v) is 12.0. The highest BCUT2D eigenvalue weighted by Gasteiger charge is 2.19. The van der Waals surface area contributed by atoms with Gasteiger partial charge in [-0.1, -0.05) is 103 Å². The van der Waals surface area contributed by atoms with Crippen LogP contribution in [0.2, 0.25) is 0 Å². The largest absolute Gasteiger partial charge is 0.456 e. The lowest BCUT2D eigenvalue weighted by molar-refractivity contribution is 0.669. The monoisotopic (exact) mass is 687 g/mol. The van der Waals surface area contributed by atoms with Crippen LogP contribution in [0.4, 0.5) is 0 Å². The van der Waals surface area contributed by atoms with Gasteiger partial charge in [0.25, 0.3) is 0 Å². The number of benzene rings is 7. The standard InChI is InChI=1S/C45H25N3OS2/c1-2-10-26(11-3-1)43-46-44(48-45(47-43)33-15-9-19-40-42(33)32-13-5-7-17-38(32)51-40)28-20-22-30-34-24-27(21-23-35(34)49-36(30)25-28)29-14-8-18-39-41(29)31-12-4-6-16-37(31)50-39/h1-25H. The van der Waals surface area contributed by atoms with Crippen molar-refractivity contribution in [2.45, 2.75) is 0 Å². The molecule has 238 valence electrons. The minimum absolute atomic E-state index is 0.606. The maximum absolute atomic E-state index is 6.51. The molecule has 0 aliphatic rings. The van der Waals surface area contributed by atoms with Crippen molar-refractivity contribution in [1.82, 2.24) is 15.0 Å². The first-order valence-electron chi connectivity index (χ1n) is 16.8. The molecule has 6 heteroatoms. The van der Waals surface area contributed by atoms with Gasteiger partial charge in [-0.3, -0.25) is 0 Å². The van der Waals surface area contributed by atoms with Crippen LogP contribution in [-0.4, -0.2) is 15.0 Å². The Morgan fingerprint density at radius 2 is 0.941 bits per heavy atom. The summed E-state index contributed by atoms with van der Waals surface area (Å²) in [6, 6.07) is 53.2. The van der Waals surface area contributed by atoms with Gasteiger partial charge >= 0.3 is 0 Å². The summed E-state index contributed by atoms with van der Waals surface area (Å²) >= 11 is 3.64. The molecular formula is C45H25N3OS2. The first kappa shape index (κ1) is 28.6. The zero-order chi connectivity index (χ0) is 33.5. The zero-order valence-electron chi connectivity index (χ0n) is 27.0. The fraction of sp³-hybridized carbons (Fsp3) is 0. The minimum Gasteiger partial charge on any atom is -0.456 e. The average molecular weight is 688 g/mol. The number of furan rings is 1. The summed E-state index contributed by atoms with van der Waals surface area (Å²) in [5.41, 5.74) is 6.87. The van der Waals surface area contributed by atoms with E-state index in [-0.39, 0.29) is 0 Å². The Balaban J connectivity index is 1.08. The topological polar surface area (TPSA) is 51.8 Å². The summed E-state index contributed by atoms with van der Waals surface area (Å²) in [4.78, 5) is 15.2. The minimum atomic E-state index is 0.606. The van der Waals surface area contributed by atoms with Gasteiger partial charge in [-0.25, -0.2) is 15.0 Å². The Morgan fingerprint density at radius 1 is 0.353 bits per heavy atom. The van der Waals surface area contributed by atoms with E-state index in [1.54, 1.807) is 11.3 Å². The highest BCUT2D eigenvalue weighted by Crippen LogP contribution is 2.43. The van der Waals surface area contributed by atoms with E-state index in [2.05, 4.69) is 121 Å². The number of rotatable bonds is 4. The van der Waals surface area contributed by atoms with E-state index >= 15 is 0 Å². The van der Waals surface area contributed by atoms with Crippen molar-refractivity contribution in [3.05, 3.63) is 152 Å². The summed E-state index contributed by atoms with van der Waals surface area (Å²) in [5, 5.41) is 7.13. The average Bonchev–Trinajstić information content (AvgIpc) is 3.88. The third-order valence-electron chi connectivity index (χ3n) is 9.75. The molecule has 0 saturated carbocycles. The molecule has 11 aromatic rings. The number of fused-ring (bicyclic) bond motifs is 9. The lowest BCUT2D eigenvalue weighted by Gasteiger charge is -2.09. The Hall–Kier alpha value is -6.21. The van der Waals surface area contributed by atoms with Crippen LogP contribution in [0.5, 0.6) is 0 Å². The molecule has 7 aromatic carbocycles. The van der Waals surface area contributed by atoms with E-state index in [4.69, 9.17) is 19.4 Å². The van der Waals surface area contributed by atoms with Gasteiger partial charge in [0.05, 0.1) is 0 Å². The second-order valence-electron chi connectivity index (χ2n) is 12.8. The molecule has 0 fully saturated rings. The molecule has 0 saturated heterocycles. The van der Waals surface area contributed by atoms with Crippen molar-refractivity contribution in [2.75, 3.05) is 0 Å². The second-order valence-corrected chi connectivity index (χ2v) is 14.9. The molecule has 0 aliphatic carbocycles. The van der Waals surface area contributed by atoms with Crippen LogP contribution in [0.3, 0.4) is 0 Å². The second kappa shape index (κ2) is 11.2. The van der Waals surface area contributed by atoms with Gasteiger partial charge in [-0.2, -0.15) is 0 Å². The van der Waals surface area contributed by atoms with Gasteiger partial charge in [-0.15, -0.1) is 22.7 Å². The number of hydrogen-bond donors (Lipinski definition) is 0. The molecule has 0 atom stereocenters. The van der Waals surface area contributed by atoms with Crippen molar-refractivity contribution >= 4 is 85.0 Å². The Morgan fingerprint density at radius 3 is 1.69 bits per heavy atom. The van der Waals surface area contributed by atoms with Crippen LogP contribution in [-0.2, 0) is 0 Å². The summed E-state index contributed by atoms with van der Waals surface area (Å²) < 4.78 is 11.6. The molecule has 4 aromatic heterocycles. The smallest absolute Gasteiger partial charge is 0.164 e. The number of thiophene rings is 2. The first-order valence-corrected chi connectivity index (χ1v) is 18.5. The predicted octanol–water partition coefficient (Wildman–Crippen LogP) is 13.2. The van der Waals surface area contributed by atoms with Crippen LogP contribution in [0.15, 0.2) is 156 Å². The van der Waals surface area contributed by atoms with E-state index in [0.717, 1.165) is 38.6 Å². The lowest BCUT2D eigenvalue weighted by atomic mass is 9.98. The van der Waals surface area contributed by atoms with E-state index in [0.29, 0.717) is 17.5 Å². The molecule has 0 spiro atoms. The number of hydrogen-bond acceptors (Lipinski definition) is 6. The maximum atomic E-state index is 6.51. The van der Waals surface area contributed by atoms with Gasteiger partial charge in [0.1, 0.15) is 11.2 Å². The maximum Gasteiger partial charge on any atom is 0.164 e. The highest BCUT2D eigenvalue weighted by molar-refractivity contribution is 7.26. The normalized spacial score (nSPS) is 11.9.